The molecule has 1 unspecified atom stereocenters. The van der Waals surface area contributed by atoms with Crippen LogP contribution in [-0.4, -0.2) is 12.8 Å². The highest BCUT2D eigenvalue weighted by atomic mass is 32.2. The SMILES string of the molecule is CCCc1cccc(C(CSc2ccc(C)cc2)NC)c1. The summed E-state index contributed by atoms with van der Waals surface area (Å²) in [7, 11) is 2.05. The monoisotopic (exact) mass is 299 g/mol. The van der Waals surface area contributed by atoms with Crippen LogP contribution < -0.4 is 5.32 Å². The minimum Gasteiger partial charge on any atom is -0.312 e. The van der Waals surface area contributed by atoms with Crippen molar-refractivity contribution in [3.05, 3.63) is 65.2 Å². The van der Waals surface area contributed by atoms with E-state index in [-0.39, 0.29) is 0 Å². The highest BCUT2D eigenvalue weighted by Gasteiger charge is 2.10. The Hall–Kier alpha value is -1.25. The van der Waals surface area contributed by atoms with Gasteiger partial charge in [0.25, 0.3) is 0 Å². The molecule has 0 aliphatic heterocycles. The first kappa shape index (κ1) is 16.1. The number of aryl methyl sites for hydroxylation is 2. The predicted molar refractivity (Wildman–Crippen MR) is 94.1 cm³/mol. The lowest BCUT2D eigenvalue weighted by Crippen LogP contribution is -2.18. The first-order chi connectivity index (χ1) is 10.2. The van der Waals surface area contributed by atoms with Gasteiger partial charge >= 0.3 is 0 Å². The quantitative estimate of drug-likeness (QED) is 0.722. The standard InChI is InChI=1S/C19H25NS/c1-4-6-16-7-5-8-17(13-16)19(20-3)14-21-18-11-9-15(2)10-12-18/h5,7-13,19-20H,4,6,14H2,1-3H3. The Morgan fingerprint density at radius 3 is 2.52 bits per heavy atom. The third-order valence-electron chi connectivity index (χ3n) is 3.68. The largest absolute Gasteiger partial charge is 0.312 e. The lowest BCUT2D eigenvalue weighted by atomic mass is 10.0. The van der Waals surface area contributed by atoms with Crippen LogP contribution in [0, 0.1) is 6.92 Å². The van der Waals surface area contributed by atoms with Crippen molar-refractivity contribution < 1.29 is 0 Å². The van der Waals surface area contributed by atoms with Crippen molar-refractivity contribution in [1.82, 2.24) is 5.32 Å². The minimum absolute atomic E-state index is 0.396. The zero-order chi connectivity index (χ0) is 15.1. The average molecular weight is 299 g/mol. The van der Waals surface area contributed by atoms with Crippen molar-refractivity contribution >= 4 is 11.8 Å². The molecule has 0 amide bonds. The van der Waals surface area contributed by atoms with Gasteiger partial charge in [0.15, 0.2) is 0 Å². The van der Waals surface area contributed by atoms with Crippen LogP contribution >= 0.6 is 11.8 Å². The molecule has 0 bridgehead atoms. The summed E-state index contributed by atoms with van der Waals surface area (Å²) in [4.78, 5) is 1.34. The van der Waals surface area contributed by atoms with E-state index in [1.165, 1.54) is 28.0 Å². The van der Waals surface area contributed by atoms with Gasteiger partial charge in [0.05, 0.1) is 0 Å². The van der Waals surface area contributed by atoms with E-state index in [1.807, 2.05) is 18.8 Å². The fraction of sp³-hybridized carbons (Fsp3) is 0.368. The Morgan fingerprint density at radius 2 is 1.86 bits per heavy atom. The van der Waals surface area contributed by atoms with Gasteiger partial charge in [-0.05, 0) is 43.7 Å². The smallest absolute Gasteiger partial charge is 0.0413 e. The second-order valence-corrected chi connectivity index (χ2v) is 6.55. The summed E-state index contributed by atoms with van der Waals surface area (Å²) in [6, 6.07) is 18.2. The Kier molecular flexibility index (Phi) is 6.34. The van der Waals surface area contributed by atoms with Crippen molar-refractivity contribution in [3.8, 4) is 0 Å². The van der Waals surface area contributed by atoms with E-state index >= 15 is 0 Å². The van der Waals surface area contributed by atoms with Gasteiger partial charge in [0.1, 0.15) is 0 Å². The Bertz CT molecular complexity index is 548. The third-order valence-corrected chi connectivity index (χ3v) is 4.78. The molecule has 2 heteroatoms. The molecule has 0 aliphatic rings. The second-order valence-electron chi connectivity index (χ2n) is 5.46. The zero-order valence-electron chi connectivity index (χ0n) is 13.2. The summed E-state index contributed by atoms with van der Waals surface area (Å²) in [5.74, 6) is 1.05. The van der Waals surface area contributed by atoms with E-state index in [0.29, 0.717) is 6.04 Å². The van der Waals surface area contributed by atoms with Crippen LogP contribution in [0.2, 0.25) is 0 Å². The first-order valence-electron chi connectivity index (χ1n) is 7.68. The second kappa shape index (κ2) is 8.26. The molecule has 0 spiro atoms. The van der Waals surface area contributed by atoms with Gasteiger partial charge in [0.2, 0.25) is 0 Å². The van der Waals surface area contributed by atoms with Crippen molar-refractivity contribution in [3.63, 3.8) is 0 Å². The molecule has 0 radical (unpaired) electrons. The zero-order valence-corrected chi connectivity index (χ0v) is 14.0. The molecule has 112 valence electrons. The summed E-state index contributed by atoms with van der Waals surface area (Å²) < 4.78 is 0. The van der Waals surface area contributed by atoms with Crippen LogP contribution in [0.3, 0.4) is 0 Å². The Balaban J connectivity index is 2.02. The molecule has 0 aliphatic carbocycles. The maximum Gasteiger partial charge on any atom is 0.0413 e. The van der Waals surface area contributed by atoms with Crippen molar-refractivity contribution in [1.29, 1.82) is 0 Å². The molecule has 2 rings (SSSR count). The highest BCUT2D eigenvalue weighted by molar-refractivity contribution is 7.99. The molecular formula is C19H25NS. The maximum absolute atomic E-state index is 3.45. The summed E-state index contributed by atoms with van der Waals surface area (Å²) >= 11 is 1.91. The number of thioether (sulfide) groups is 1. The van der Waals surface area contributed by atoms with Crippen molar-refractivity contribution in [2.24, 2.45) is 0 Å². The molecular weight excluding hydrogens is 274 g/mol. The van der Waals surface area contributed by atoms with Gasteiger partial charge in [-0.15, -0.1) is 11.8 Å². The molecule has 1 nitrogen and oxygen atoms in total. The van der Waals surface area contributed by atoms with Gasteiger partial charge in [-0.25, -0.2) is 0 Å². The fourth-order valence-corrected chi connectivity index (χ4v) is 3.46. The first-order valence-corrected chi connectivity index (χ1v) is 8.67. The molecule has 0 heterocycles. The fourth-order valence-electron chi connectivity index (χ4n) is 2.41. The van der Waals surface area contributed by atoms with E-state index in [4.69, 9.17) is 0 Å². The number of nitrogens with one attached hydrogen (secondary N) is 1. The van der Waals surface area contributed by atoms with E-state index in [9.17, 15) is 0 Å². The lowest BCUT2D eigenvalue weighted by Gasteiger charge is -2.17. The predicted octanol–water partition coefficient (Wildman–Crippen LogP) is 5.00. The number of rotatable bonds is 7. The third kappa shape index (κ3) is 4.90. The minimum atomic E-state index is 0.396. The van der Waals surface area contributed by atoms with Crippen LogP contribution in [-0.2, 0) is 6.42 Å². The van der Waals surface area contributed by atoms with Gasteiger partial charge in [0, 0.05) is 16.7 Å². The summed E-state index contributed by atoms with van der Waals surface area (Å²) in [6.07, 6.45) is 2.36. The van der Waals surface area contributed by atoms with Crippen LogP contribution in [0.5, 0.6) is 0 Å². The van der Waals surface area contributed by atoms with Gasteiger partial charge in [-0.2, -0.15) is 0 Å². The summed E-state index contributed by atoms with van der Waals surface area (Å²) in [6.45, 7) is 4.36. The van der Waals surface area contributed by atoms with E-state index < -0.39 is 0 Å². The number of hydrogen-bond donors (Lipinski definition) is 1. The molecule has 0 fully saturated rings. The van der Waals surface area contributed by atoms with Crippen LogP contribution in [0.25, 0.3) is 0 Å². The van der Waals surface area contributed by atoms with Crippen LogP contribution in [0.1, 0.15) is 36.1 Å². The lowest BCUT2D eigenvalue weighted by molar-refractivity contribution is 0.660. The summed E-state index contributed by atoms with van der Waals surface area (Å²) in [5, 5.41) is 3.45. The van der Waals surface area contributed by atoms with Gasteiger partial charge in [-0.3, -0.25) is 0 Å². The van der Waals surface area contributed by atoms with E-state index in [1.54, 1.807) is 0 Å². The Labute approximate surface area is 133 Å². The average Bonchev–Trinajstić information content (AvgIpc) is 2.50. The maximum atomic E-state index is 3.45. The van der Waals surface area contributed by atoms with Crippen molar-refractivity contribution in [2.75, 3.05) is 12.8 Å². The Morgan fingerprint density at radius 1 is 1.10 bits per heavy atom. The molecule has 2 aromatic carbocycles. The molecule has 21 heavy (non-hydrogen) atoms. The molecule has 0 saturated carbocycles. The van der Waals surface area contributed by atoms with Crippen LogP contribution in [0.15, 0.2) is 53.4 Å². The van der Waals surface area contributed by atoms with Gasteiger partial charge in [-0.1, -0.05) is 55.3 Å². The normalized spacial score (nSPS) is 12.3. The molecule has 1 atom stereocenters. The number of benzene rings is 2. The molecule has 0 aromatic heterocycles. The molecule has 0 saturated heterocycles. The topological polar surface area (TPSA) is 12.0 Å². The van der Waals surface area contributed by atoms with E-state index in [2.05, 4.69) is 67.7 Å². The van der Waals surface area contributed by atoms with E-state index in [0.717, 1.165) is 12.2 Å². The summed E-state index contributed by atoms with van der Waals surface area (Å²) in [5.41, 5.74) is 4.15. The number of hydrogen-bond acceptors (Lipinski definition) is 2. The highest BCUT2D eigenvalue weighted by Crippen LogP contribution is 2.25. The molecule has 2 aromatic rings. The van der Waals surface area contributed by atoms with Crippen molar-refractivity contribution in [2.45, 2.75) is 37.6 Å². The van der Waals surface area contributed by atoms with Gasteiger partial charge < -0.3 is 5.32 Å². The molecule has 1 N–H and O–H groups in total. The van der Waals surface area contributed by atoms with Crippen LogP contribution in [0.4, 0.5) is 0 Å².